The smallest absolute Gasteiger partial charge is 0.450 e. The Labute approximate surface area is 45.8 Å². The van der Waals surface area contributed by atoms with Crippen molar-refractivity contribution >= 4 is 6.16 Å². The maximum Gasteiger partial charge on any atom is 0.505 e. The molecule has 0 aliphatic carbocycles. The maximum absolute atomic E-state index is 9.15. The Balaban J connectivity index is 0. The summed E-state index contributed by atoms with van der Waals surface area (Å²) in [6.07, 6.45) is -1.25. The zero-order valence-electron chi connectivity index (χ0n) is 3.12. The second-order valence-corrected chi connectivity index (χ2v) is 0.470. The van der Waals surface area contributed by atoms with E-state index in [1.807, 2.05) is 0 Å². The SMILES string of the molecule is COC(=O)O.[Fe]. The van der Waals surface area contributed by atoms with Gasteiger partial charge in [0.2, 0.25) is 0 Å². The zero-order valence-corrected chi connectivity index (χ0v) is 4.22. The third-order valence-electron chi connectivity index (χ3n) is 0.175. The summed E-state index contributed by atoms with van der Waals surface area (Å²) in [4.78, 5) is 9.15. The van der Waals surface area contributed by atoms with E-state index in [4.69, 9.17) is 9.90 Å². The Bertz CT molecular complexity index is 44.1. The molecule has 0 amide bonds. The van der Waals surface area contributed by atoms with E-state index in [1.165, 1.54) is 0 Å². The minimum absolute atomic E-state index is 0. The molecule has 0 aromatic rings. The summed E-state index contributed by atoms with van der Waals surface area (Å²) in [7, 11) is 1.10. The van der Waals surface area contributed by atoms with Crippen molar-refractivity contribution in [1.82, 2.24) is 0 Å². The first kappa shape index (κ1) is 9.25. The van der Waals surface area contributed by atoms with Crippen LogP contribution in [0.25, 0.3) is 0 Å². The number of carboxylic acid groups (broad SMARTS) is 1. The average Bonchev–Trinajstić information content (AvgIpc) is 1.38. The molecular formula is C2H4FeO3. The van der Waals surface area contributed by atoms with Gasteiger partial charge in [-0.2, -0.15) is 0 Å². The maximum atomic E-state index is 9.15. The van der Waals surface area contributed by atoms with Crippen LogP contribution in [0.2, 0.25) is 0 Å². The molecule has 0 aliphatic heterocycles. The first-order valence-corrected chi connectivity index (χ1v) is 1.04. The number of carbonyl (C=O) groups is 1. The summed E-state index contributed by atoms with van der Waals surface area (Å²) in [5.41, 5.74) is 0. The van der Waals surface area contributed by atoms with E-state index in [2.05, 4.69) is 4.74 Å². The summed E-state index contributed by atoms with van der Waals surface area (Å²) in [6, 6.07) is 0. The van der Waals surface area contributed by atoms with Gasteiger partial charge in [-0.25, -0.2) is 4.79 Å². The van der Waals surface area contributed by atoms with E-state index in [9.17, 15) is 0 Å². The monoisotopic (exact) mass is 132 g/mol. The first-order valence-electron chi connectivity index (χ1n) is 1.04. The molecule has 1 N–H and O–H groups in total. The number of methoxy groups -OCH3 is 1. The number of rotatable bonds is 0. The number of ether oxygens (including phenoxy) is 1. The molecule has 38 valence electrons. The van der Waals surface area contributed by atoms with E-state index < -0.39 is 6.16 Å². The van der Waals surface area contributed by atoms with Crippen LogP contribution in [0, 0.1) is 0 Å². The van der Waals surface area contributed by atoms with Gasteiger partial charge in [-0.05, 0) is 0 Å². The Hall–Kier alpha value is -0.211. The Morgan fingerprint density at radius 3 is 2.00 bits per heavy atom. The topological polar surface area (TPSA) is 46.5 Å². The Kier molecular flexibility index (Phi) is 7.38. The van der Waals surface area contributed by atoms with Gasteiger partial charge in [0.1, 0.15) is 0 Å². The number of hydrogen-bond donors (Lipinski definition) is 1. The van der Waals surface area contributed by atoms with Crippen molar-refractivity contribution in [1.29, 1.82) is 0 Å². The van der Waals surface area contributed by atoms with Crippen molar-refractivity contribution in [2.24, 2.45) is 0 Å². The summed E-state index contributed by atoms with van der Waals surface area (Å²) >= 11 is 0. The van der Waals surface area contributed by atoms with Crippen molar-refractivity contribution < 1.29 is 31.7 Å². The van der Waals surface area contributed by atoms with Crippen LogP contribution in [-0.4, -0.2) is 18.4 Å². The molecule has 0 bridgehead atoms. The van der Waals surface area contributed by atoms with E-state index in [0.29, 0.717) is 0 Å². The van der Waals surface area contributed by atoms with Crippen LogP contribution >= 0.6 is 0 Å². The summed E-state index contributed by atoms with van der Waals surface area (Å²) in [5.74, 6) is 0. The first-order chi connectivity index (χ1) is 2.27. The predicted octanol–water partition coefficient (Wildman–Crippen LogP) is 0.308. The van der Waals surface area contributed by atoms with Gasteiger partial charge < -0.3 is 9.84 Å². The molecule has 0 atom stereocenters. The van der Waals surface area contributed by atoms with Crippen molar-refractivity contribution in [2.45, 2.75) is 0 Å². The third-order valence-corrected chi connectivity index (χ3v) is 0.175. The van der Waals surface area contributed by atoms with E-state index >= 15 is 0 Å². The van der Waals surface area contributed by atoms with E-state index in [-0.39, 0.29) is 17.1 Å². The molecular weight excluding hydrogens is 128 g/mol. The molecule has 3 nitrogen and oxygen atoms in total. The fraction of sp³-hybridized carbons (Fsp3) is 0.500. The van der Waals surface area contributed by atoms with Gasteiger partial charge in [0.25, 0.3) is 0 Å². The van der Waals surface area contributed by atoms with Gasteiger partial charge in [-0.15, -0.1) is 0 Å². The molecule has 0 aliphatic rings. The van der Waals surface area contributed by atoms with Gasteiger partial charge in [-0.3, -0.25) is 0 Å². The van der Waals surface area contributed by atoms with E-state index in [1.54, 1.807) is 0 Å². The molecule has 4 heteroatoms. The van der Waals surface area contributed by atoms with Crippen LogP contribution < -0.4 is 0 Å². The molecule has 0 rings (SSSR count). The molecule has 0 saturated heterocycles. The van der Waals surface area contributed by atoms with Crippen molar-refractivity contribution in [3.05, 3.63) is 0 Å². The summed E-state index contributed by atoms with van der Waals surface area (Å²) in [5, 5.41) is 7.50. The van der Waals surface area contributed by atoms with Gasteiger partial charge in [0, 0.05) is 17.1 Å². The largest absolute Gasteiger partial charge is 0.505 e. The van der Waals surface area contributed by atoms with Crippen LogP contribution in [0.4, 0.5) is 4.79 Å². The molecule has 0 fully saturated rings. The minimum atomic E-state index is -1.25. The molecule has 0 saturated carbocycles. The predicted molar refractivity (Wildman–Crippen MR) is 15.0 cm³/mol. The second-order valence-electron chi connectivity index (χ2n) is 0.470. The fourth-order valence-corrected chi connectivity index (χ4v) is 0. The normalized spacial score (nSPS) is 5.50. The minimum Gasteiger partial charge on any atom is -0.450 e. The molecule has 0 spiro atoms. The van der Waals surface area contributed by atoms with Gasteiger partial charge in [0.05, 0.1) is 7.11 Å². The van der Waals surface area contributed by atoms with Crippen LogP contribution in [0.3, 0.4) is 0 Å². The van der Waals surface area contributed by atoms with Crippen molar-refractivity contribution in [3.8, 4) is 0 Å². The quantitative estimate of drug-likeness (QED) is 0.381. The molecule has 0 heterocycles. The van der Waals surface area contributed by atoms with Crippen LogP contribution in [-0.2, 0) is 21.8 Å². The average molecular weight is 132 g/mol. The molecule has 6 heavy (non-hydrogen) atoms. The van der Waals surface area contributed by atoms with Crippen molar-refractivity contribution in [3.63, 3.8) is 0 Å². The standard InChI is InChI=1S/C2H4O3.Fe/c1-5-2(3)4;/h1H3,(H,3,4);. The molecule has 0 aromatic carbocycles. The summed E-state index contributed by atoms with van der Waals surface area (Å²) < 4.78 is 3.67. The fourth-order valence-electron chi connectivity index (χ4n) is 0. The Morgan fingerprint density at radius 2 is 2.00 bits per heavy atom. The van der Waals surface area contributed by atoms with Crippen LogP contribution in [0.5, 0.6) is 0 Å². The van der Waals surface area contributed by atoms with Gasteiger partial charge >= 0.3 is 6.16 Å². The molecule has 0 radical (unpaired) electrons. The van der Waals surface area contributed by atoms with Crippen molar-refractivity contribution in [2.75, 3.05) is 7.11 Å². The van der Waals surface area contributed by atoms with Crippen LogP contribution in [0.1, 0.15) is 0 Å². The van der Waals surface area contributed by atoms with E-state index in [0.717, 1.165) is 7.11 Å². The second kappa shape index (κ2) is 4.79. The number of hydrogen-bond acceptors (Lipinski definition) is 2. The van der Waals surface area contributed by atoms with Crippen LogP contribution in [0.15, 0.2) is 0 Å². The zero-order chi connectivity index (χ0) is 4.28. The molecule has 0 aromatic heterocycles. The molecule has 0 unspecified atom stereocenters. The van der Waals surface area contributed by atoms with Gasteiger partial charge in [0.15, 0.2) is 0 Å². The van der Waals surface area contributed by atoms with Gasteiger partial charge in [-0.1, -0.05) is 0 Å². The third kappa shape index (κ3) is 9.21. The Morgan fingerprint density at radius 1 is 1.83 bits per heavy atom. The summed E-state index contributed by atoms with van der Waals surface area (Å²) in [6.45, 7) is 0.